The fourth-order valence-corrected chi connectivity index (χ4v) is 3.93. The summed E-state index contributed by atoms with van der Waals surface area (Å²) >= 11 is 7.58. The lowest BCUT2D eigenvalue weighted by atomic mass is 10.1. The van der Waals surface area contributed by atoms with Crippen LogP contribution in [0.4, 0.5) is 5.69 Å². The number of aromatic nitrogens is 2. The Labute approximate surface area is 199 Å². The van der Waals surface area contributed by atoms with Crippen molar-refractivity contribution in [1.29, 1.82) is 0 Å². The fraction of sp³-hybridized carbons (Fsp3) is 0.167. The van der Waals surface area contributed by atoms with Crippen LogP contribution >= 0.6 is 23.4 Å². The largest absolute Gasteiger partial charge is 0.494 e. The average Bonchev–Trinajstić information content (AvgIpc) is 3.19. The Hall–Kier alpha value is -3.36. The highest BCUT2D eigenvalue weighted by atomic mass is 35.5. The van der Waals surface area contributed by atoms with Gasteiger partial charge in [-0.15, -0.1) is 0 Å². The van der Waals surface area contributed by atoms with Gasteiger partial charge in [0.2, 0.25) is 5.78 Å². The van der Waals surface area contributed by atoms with E-state index in [4.69, 9.17) is 20.8 Å². The lowest BCUT2D eigenvalue weighted by molar-refractivity contribution is 0.101. The predicted octanol–water partition coefficient (Wildman–Crippen LogP) is 5.87. The summed E-state index contributed by atoms with van der Waals surface area (Å²) in [5.41, 5.74) is 1.15. The van der Waals surface area contributed by atoms with Gasteiger partial charge in [-0.2, -0.15) is 0 Å². The molecule has 0 saturated carbocycles. The van der Waals surface area contributed by atoms with Gasteiger partial charge in [0.1, 0.15) is 11.3 Å². The minimum Gasteiger partial charge on any atom is -0.494 e. The topological polar surface area (TPSA) is 94.3 Å². The van der Waals surface area contributed by atoms with E-state index in [0.29, 0.717) is 34.0 Å². The number of halogens is 1. The summed E-state index contributed by atoms with van der Waals surface area (Å²) in [4.78, 5) is 34.8. The number of furan rings is 1. The molecule has 0 aliphatic carbocycles. The minimum absolute atomic E-state index is 0.0158. The van der Waals surface area contributed by atoms with Gasteiger partial charge in [-0.1, -0.05) is 42.4 Å². The molecule has 9 heteroatoms. The Morgan fingerprint density at radius 1 is 1.12 bits per heavy atom. The number of nitrogens with one attached hydrogen (secondary N) is 1. The molecule has 1 N–H and O–H groups in total. The number of hydrogen-bond acceptors (Lipinski definition) is 7. The normalized spacial score (nSPS) is 10.9. The quantitative estimate of drug-likeness (QED) is 0.191. The van der Waals surface area contributed by atoms with Crippen molar-refractivity contribution < 1.29 is 18.7 Å². The Kier molecular flexibility index (Phi) is 6.96. The maximum atomic E-state index is 13.3. The van der Waals surface area contributed by atoms with Crippen LogP contribution in [-0.4, -0.2) is 34.0 Å². The first-order valence-electron chi connectivity index (χ1n) is 10.3. The van der Waals surface area contributed by atoms with Crippen molar-refractivity contribution in [3.63, 3.8) is 0 Å². The third kappa shape index (κ3) is 4.86. The van der Waals surface area contributed by atoms with E-state index < -0.39 is 5.91 Å². The molecule has 0 saturated heterocycles. The van der Waals surface area contributed by atoms with Crippen LogP contribution in [0, 0.1) is 0 Å². The number of para-hydroxylation sites is 1. The monoisotopic (exact) mass is 481 g/mol. The zero-order chi connectivity index (χ0) is 23.4. The summed E-state index contributed by atoms with van der Waals surface area (Å²) in [6, 6.07) is 13.8. The summed E-state index contributed by atoms with van der Waals surface area (Å²) in [6.07, 6.45) is 1.39. The van der Waals surface area contributed by atoms with Crippen LogP contribution in [-0.2, 0) is 0 Å². The Balaban J connectivity index is 1.72. The zero-order valence-electron chi connectivity index (χ0n) is 17.9. The second-order valence-corrected chi connectivity index (χ2v) is 8.46. The number of ether oxygens (including phenoxy) is 1. The zero-order valence-corrected chi connectivity index (χ0v) is 19.5. The standard InChI is InChI=1S/C24H20ClN3O4S/c1-3-31-15-11-9-14(10-12-15)21(29)22-19(16-7-5-6-8-18(16)32-22)27-23(30)20-17(25)13-26-24(28-20)33-4-2/h5-13H,3-4H2,1-2H3,(H,27,30). The number of thioether (sulfide) groups is 1. The van der Waals surface area contributed by atoms with E-state index in [1.807, 2.05) is 13.8 Å². The van der Waals surface area contributed by atoms with Gasteiger partial charge in [0.15, 0.2) is 16.6 Å². The van der Waals surface area contributed by atoms with Crippen molar-refractivity contribution >= 4 is 51.7 Å². The van der Waals surface area contributed by atoms with Gasteiger partial charge < -0.3 is 14.5 Å². The molecule has 2 aromatic heterocycles. The van der Waals surface area contributed by atoms with E-state index in [2.05, 4.69) is 15.3 Å². The number of benzene rings is 2. The van der Waals surface area contributed by atoms with Crippen molar-refractivity contribution in [3.8, 4) is 5.75 Å². The molecule has 1 amide bonds. The SMILES string of the molecule is CCOc1ccc(C(=O)c2oc3ccccc3c2NC(=O)c2nc(SCC)ncc2Cl)cc1. The van der Waals surface area contributed by atoms with E-state index in [0.717, 1.165) is 5.75 Å². The Bertz CT molecular complexity index is 1320. The van der Waals surface area contributed by atoms with Crippen molar-refractivity contribution in [3.05, 3.63) is 76.8 Å². The summed E-state index contributed by atoms with van der Waals surface area (Å²) < 4.78 is 11.3. The van der Waals surface area contributed by atoms with Crippen LogP contribution in [0.5, 0.6) is 5.75 Å². The number of amides is 1. The van der Waals surface area contributed by atoms with E-state index in [-0.39, 0.29) is 27.9 Å². The first kappa shape index (κ1) is 22.8. The molecule has 2 aromatic carbocycles. The van der Waals surface area contributed by atoms with Crippen molar-refractivity contribution in [2.24, 2.45) is 0 Å². The average molecular weight is 482 g/mol. The second kappa shape index (κ2) is 10.1. The molecule has 0 fully saturated rings. The van der Waals surface area contributed by atoms with Crippen LogP contribution in [0.25, 0.3) is 11.0 Å². The lowest BCUT2D eigenvalue weighted by Gasteiger charge is -2.08. The highest BCUT2D eigenvalue weighted by Crippen LogP contribution is 2.33. The van der Waals surface area contributed by atoms with Gasteiger partial charge in [0.25, 0.3) is 5.91 Å². The molecule has 168 valence electrons. The number of carbonyl (C=O) groups is 2. The molecule has 33 heavy (non-hydrogen) atoms. The number of fused-ring (bicyclic) bond motifs is 1. The number of nitrogens with zero attached hydrogens (tertiary/aromatic N) is 2. The number of hydrogen-bond donors (Lipinski definition) is 1. The third-order valence-electron chi connectivity index (χ3n) is 4.68. The fourth-order valence-electron chi connectivity index (χ4n) is 3.21. The smallest absolute Gasteiger partial charge is 0.276 e. The van der Waals surface area contributed by atoms with Gasteiger partial charge in [0.05, 0.1) is 23.5 Å². The van der Waals surface area contributed by atoms with E-state index >= 15 is 0 Å². The van der Waals surface area contributed by atoms with Crippen LogP contribution in [0.15, 0.2) is 64.3 Å². The van der Waals surface area contributed by atoms with Gasteiger partial charge in [-0.05, 0) is 49.1 Å². The van der Waals surface area contributed by atoms with E-state index in [1.165, 1.54) is 18.0 Å². The Morgan fingerprint density at radius 3 is 2.61 bits per heavy atom. The van der Waals surface area contributed by atoms with Crippen molar-refractivity contribution in [2.45, 2.75) is 19.0 Å². The molecule has 0 aliphatic heterocycles. The summed E-state index contributed by atoms with van der Waals surface area (Å²) in [7, 11) is 0. The molecular weight excluding hydrogens is 462 g/mol. The van der Waals surface area contributed by atoms with Gasteiger partial charge >= 0.3 is 0 Å². The van der Waals surface area contributed by atoms with Crippen LogP contribution in [0.2, 0.25) is 5.02 Å². The van der Waals surface area contributed by atoms with Crippen LogP contribution < -0.4 is 10.1 Å². The molecule has 0 radical (unpaired) electrons. The number of rotatable bonds is 8. The molecule has 0 spiro atoms. The predicted molar refractivity (Wildman–Crippen MR) is 129 cm³/mol. The van der Waals surface area contributed by atoms with Crippen molar-refractivity contribution in [2.75, 3.05) is 17.7 Å². The van der Waals surface area contributed by atoms with Crippen LogP contribution in [0.3, 0.4) is 0 Å². The molecule has 0 aliphatic rings. The first-order chi connectivity index (χ1) is 16.0. The van der Waals surface area contributed by atoms with E-state index in [9.17, 15) is 9.59 Å². The molecule has 0 atom stereocenters. The molecule has 4 rings (SSSR count). The lowest BCUT2D eigenvalue weighted by Crippen LogP contribution is -2.17. The summed E-state index contributed by atoms with van der Waals surface area (Å²) in [5.74, 6) is 0.483. The molecule has 0 bridgehead atoms. The third-order valence-corrected chi connectivity index (χ3v) is 5.70. The molecule has 7 nitrogen and oxygen atoms in total. The summed E-state index contributed by atoms with van der Waals surface area (Å²) in [5, 5.41) is 3.92. The molecular formula is C24H20ClN3O4S. The van der Waals surface area contributed by atoms with Crippen molar-refractivity contribution in [1.82, 2.24) is 9.97 Å². The number of carbonyl (C=O) groups excluding carboxylic acids is 2. The number of anilines is 1. The highest BCUT2D eigenvalue weighted by molar-refractivity contribution is 7.99. The maximum absolute atomic E-state index is 13.3. The highest BCUT2D eigenvalue weighted by Gasteiger charge is 2.25. The number of ketones is 1. The molecule has 0 unspecified atom stereocenters. The molecule has 4 aromatic rings. The Morgan fingerprint density at radius 2 is 1.88 bits per heavy atom. The van der Waals surface area contributed by atoms with Gasteiger partial charge in [-0.3, -0.25) is 9.59 Å². The first-order valence-corrected chi connectivity index (χ1v) is 11.6. The van der Waals surface area contributed by atoms with E-state index in [1.54, 1.807) is 48.5 Å². The maximum Gasteiger partial charge on any atom is 0.276 e. The van der Waals surface area contributed by atoms with Gasteiger partial charge in [-0.25, -0.2) is 9.97 Å². The summed E-state index contributed by atoms with van der Waals surface area (Å²) in [6.45, 7) is 4.37. The van der Waals surface area contributed by atoms with Crippen LogP contribution in [0.1, 0.15) is 40.5 Å². The minimum atomic E-state index is -0.562. The van der Waals surface area contributed by atoms with Gasteiger partial charge in [0, 0.05) is 10.9 Å². The molecule has 2 heterocycles. The second-order valence-electron chi connectivity index (χ2n) is 6.83.